The predicted molar refractivity (Wildman–Crippen MR) is 61.4 cm³/mol. The predicted octanol–water partition coefficient (Wildman–Crippen LogP) is 1.16. The van der Waals surface area contributed by atoms with E-state index in [0.717, 1.165) is 12.8 Å². The molecule has 1 aliphatic carbocycles. The molecule has 16 heavy (non-hydrogen) atoms. The quantitative estimate of drug-likeness (QED) is 0.816. The maximum absolute atomic E-state index is 9.78. The molecule has 90 valence electrons. The van der Waals surface area contributed by atoms with Gasteiger partial charge >= 0.3 is 0 Å². The zero-order valence-electron chi connectivity index (χ0n) is 9.85. The molecule has 1 aliphatic rings. The van der Waals surface area contributed by atoms with Crippen LogP contribution in [0, 0.1) is 0 Å². The molecule has 0 aliphatic heterocycles. The van der Waals surface area contributed by atoms with Crippen LogP contribution in [0.25, 0.3) is 0 Å². The van der Waals surface area contributed by atoms with Gasteiger partial charge in [0.15, 0.2) is 0 Å². The second-order valence-electron chi connectivity index (χ2n) is 4.31. The number of aryl methyl sites for hydroxylation is 1. The van der Waals surface area contributed by atoms with Crippen LogP contribution >= 0.6 is 0 Å². The molecular weight excluding hydrogens is 204 g/mol. The van der Waals surface area contributed by atoms with E-state index in [9.17, 15) is 5.11 Å². The average Bonchev–Trinajstić information content (AvgIpc) is 2.70. The molecule has 4 heteroatoms. The van der Waals surface area contributed by atoms with Gasteiger partial charge < -0.3 is 14.4 Å². The molecule has 4 nitrogen and oxygen atoms in total. The van der Waals surface area contributed by atoms with Gasteiger partial charge in [0.25, 0.3) is 0 Å². The number of aliphatic hydroxyl groups is 1. The smallest absolute Gasteiger partial charge is 0.0952 e. The molecule has 1 N–H and O–H groups in total. The average molecular weight is 224 g/mol. The van der Waals surface area contributed by atoms with E-state index < -0.39 is 6.10 Å². The minimum absolute atomic E-state index is 0.406. The SMILES string of the molecule is CCOCC(O)Cn1cnc2c1CCCC2. The van der Waals surface area contributed by atoms with E-state index in [0.29, 0.717) is 19.8 Å². The van der Waals surface area contributed by atoms with Crippen LogP contribution in [0.1, 0.15) is 31.2 Å². The van der Waals surface area contributed by atoms with Crippen molar-refractivity contribution in [2.75, 3.05) is 13.2 Å². The third kappa shape index (κ3) is 2.62. The molecule has 0 fully saturated rings. The van der Waals surface area contributed by atoms with Crippen LogP contribution in [0.3, 0.4) is 0 Å². The Labute approximate surface area is 96.3 Å². The van der Waals surface area contributed by atoms with E-state index in [1.807, 2.05) is 13.3 Å². The Hall–Kier alpha value is -0.870. The van der Waals surface area contributed by atoms with Gasteiger partial charge in [-0.1, -0.05) is 0 Å². The summed E-state index contributed by atoms with van der Waals surface area (Å²) in [4.78, 5) is 4.40. The molecule has 1 heterocycles. The van der Waals surface area contributed by atoms with E-state index in [2.05, 4.69) is 9.55 Å². The summed E-state index contributed by atoms with van der Waals surface area (Å²) in [6, 6.07) is 0. The molecule has 0 amide bonds. The lowest BCUT2D eigenvalue weighted by Gasteiger charge is -2.16. The number of rotatable bonds is 5. The molecule has 0 bridgehead atoms. The molecule has 1 aromatic heterocycles. The largest absolute Gasteiger partial charge is 0.389 e. The Balaban J connectivity index is 1.96. The van der Waals surface area contributed by atoms with Crippen LogP contribution in [-0.2, 0) is 24.1 Å². The minimum Gasteiger partial charge on any atom is -0.389 e. The maximum atomic E-state index is 9.78. The van der Waals surface area contributed by atoms with Crippen molar-refractivity contribution in [1.82, 2.24) is 9.55 Å². The normalized spacial score (nSPS) is 17.1. The highest BCUT2D eigenvalue weighted by atomic mass is 16.5. The lowest BCUT2D eigenvalue weighted by atomic mass is 10.0. The van der Waals surface area contributed by atoms with E-state index in [1.54, 1.807) is 0 Å². The van der Waals surface area contributed by atoms with E-state index >= 15 is 0 Å². The van der Waals surface area contributed by atoms with E-state index in [1.165, 1.54) is 24.2 Å². The van der Waals surface area contributed by atoms with Crippen LogP contribution < -0.4 is 0 Å². The molecule has 0 aromatic carbocycles. The van der Waals surface area contributed by atoms with Crippen LogP contribution in [0.15, 0.2) is 6.33 Å². The van der Waals surface area contributed by atoms with Crippen LogP contribution in [0.2, 0.25) is 0 Å². The molecule has 2 rings (SSSR count). The first kappa shape index (κ1) is 11.6. The lowest BCUT2D eigenvalue weighted by Crippen LogP contribution is -2.23. The first-order chi connectivity index (χ1) is 7.81. The minimum atomic E-state index is -0.430. The zero-order chi connectivity index (χ0) is 11.4. The van der Waals surface area contributed by atoms with Gasteiger partial charge in [0.2, 0.25) is 0 Å². The van der Waals surface area contributed by atoms with Gasteiger partial charge in [-0.3, -0.25) is 0 Å². The molecule has 0 saturated heterocycles. The summed E-state index contributed by atoms with van der Waals surface area (Å²) in [5.41, 5.74) is 2.52. The Morgan fingerprint density at radius 3 is 3.12 bits per heavy atom. The van der Waals surface area contributed by atoms with Gasteiger partial charge in [0.05, 0.1) is 31.3 Å². The monoisotopic (exact) mass is 224 g/mol. The van der Waals surface area contributed by atoms with Crippen molar-refractivity contribution in [2.24, 2.45) is 0 Å². The molecule has 1 atom stereocenters. The number of aromatic nitrogens is 2. The summed E-state index contributed by atoms with van der Waals surface area (Å²) in [5, 5.41) is 9.78. The van der Waals surface area contributed by atoms with Gasteiger partial charge in [-0.2, -0.15) is 0 Å². The standard InChI is InChI=1S/C12H20N2O2/c1-2-16-8-10(15)7-14-9-13-11-5-3-4-6-12(11)14/h9-10,15H,2-8H2,1H3. The third-order valence-electron chi connectivity index (χ3n) is 3.03. The fourth-order valence-corrected chi connectivity index (χ4v) is 2.22. The van der Waals surface area contributed by atoms with Crippen molar-refractivity contribution < 1.29 is 9.84 Å². The Bertz CT molecular complexity index is 336. The Morgan fingerprint density at radius 1 is 1.50 bits per heavy atom. The second kappa shape index (κ2) is 5.46. The number of imidazole rings is 1. The summed E-state index contributed by atoms with van der Waals surface area (Å²) in [6.45, 7) is 3.59. The molecule has 0 spiro atoms. The fourth-order valence-electron chi connectivity index (χ4n) is 2.22. The number of aliphatic hydroxyl groups excluding tert-OH is 1. The van der Waals surface area contributed by atoms with Crippen molar-refractivity contribution in [3.05, 3.63) is 17.7 Å². The van der Waals surface area contributed by atoms with Crippen LogP contribution in [-0.4, -0.2) is 34.0 Å². The summed E-state index contributed by atoms with van der Waals surface area (Å²) in [6.07, 6.45) is 6.08. The van der Waals surface area contributed by atoms with E-state index in [-0.39, 0.29) is 0 Å². The molecule has 0 saturated carbocycles. The van der Waals surface area contributed by atoms with Gasteiger partial charge in [0, 0.05) is 12.3 Å². The second-order valence-corrected chi connectivity index (χ2v) is 4.31. The topological polar surface area (TPSA) is 47.3 Å². The Kier molecular flexibility index (Phi) is 3.96. The highest BCUT2D eigenvalue weighted by Crippen LogP contribution is 2.19. The van der Waals surface area contributed by atoms with Crippen molar-refractivity contribution in [2.45, 2.75) is 45.3 Å². The number of hydrogen-bond acceptors (Lipinski definition) is 3. The number of ether oxygens (including phenoxy) is 1. The first-order valence-electron chi connectivity index (χ1n) is 6.10. The Morgan fingerprint density at radius 2 is 2.31 bits per heavy atom. The fraction of sp³-hybridized carbons (Fsp3) is 0.750. The first-order valence-corrected chi connectivity index (χ1v) is 6.10. The zero-order valence-corrected chi connectivity index (χ0v) is 9.85. The van der Waals surface area contributed by atoms with Gasteiger partial charge in [-0.25, -0.2) is 4.98 Å². The van der Waals surface area contributed by atoms with Gasteiger partial charge in [-0.05, 0) is 32.6 Å². The molecule has 1 aromatic rings. The van der Waals surface area contributed by atoms with Crippen LogP contribution in [0.4, 0.5) is 0 Å². The summed E-state index contributed by atoms with van der Waals surface area (Å²) in [5.74, 6) is 0. The number of fused-ring (bicyclic) bond motifs is 1. The highest BCUT2D eigenvalue weighted by Gasteiger charge is 2.16. The maximum Gasteiger partial charge on any atom is 0.0952 e. The molecular formula is C12H20N2O2. The summed E-state index contributed by atoms with van der Waals surface area (Å²) < 4.78 is 7.29. The van der Waals surface area contributed by atoms with Gasteiger partial charge in [-0.15, -0.1) is 0 Å². The summed E-state index contributed by atoms with van der Waals surface area (Å²) >= 11 is 0. The van der Waals surface area contributed by atoms with Crippen molar-refractivity contribution in [1.29, 1.82) is 0 Å². The van der Waals surface area contributed by atoms with Gasteiger partial charge in [0.1, 0.15) is 0 Å². The van der Waals surface area contributed by atoms with Crippen molar-refractivity contribution in [3.63, 3.8) is 0 Å². The van der Waals surface area contributed by atoms with Crippen molar-refractivity contribution >= 4 is 0 Å². The summed E-state index contributed by atoms with van der Waals surface area (Å²) in [7, 11) is 0. The molecule has 0 radical (unpaired) electrons. The molecule has 1 unspecified atom stereocenters. The lowest BCUT2D eigenvalue weighted by molar-refractivity contribution is 0.0330. The highest BCUT2D eigenvalue weighted by molar-refractivity contribution is 5.16. The number of hydrogen-bond donors (Lipinski definition) is 1. The van der Waals surface area contributed by atoms with Crippen LogP contribution in [0.5, 0.6) is 0 Å². The van der Waals surface area contributed by atoms with E-state index in [4.69, 9.17) is 4.74 Å². The number of nitrogens with zero attached hydrogens (tertiary/aromatic N) is 2. The third-order valence-corrected chi connectivity index (χ3v) is 3.03. The van der Waals surface area contributed by atoms with Crippen molar-refractivity contribution in [3.8, 4) is 0 Å².